The maximum Gasteiger partial charge on any atom is 0.303 e. The highest BCUT2D eigenvalue weighted by Gasteiger charge is 2.11. The summed E-state index contributed by atoms with van der Waals surface area (Å²) in [5, 5.41) is 11.2. The number of hydrogen-bond donors (Lipinski definition) is 2. The number of carbonyl (C=O) groups is 2. The van der Waals surface area contributed by atoms with Gasteiger partial charge in [0.2, 0.25) is 0 Å². The van der Waals surface area contributed by atoms with Gasteiger partial charge in [0, 0.05) is 13.0 Å². The Balaban J connectivity index is 2.47. The second-order valence-electron chi connectivity index (χ2n) is 3.76. The summed E-state index contributed by atoms with van der Waals surface area (Å²) in [5.41, 5.74) is 0.307. The minimum atomic E-state index is -0.868. The number of amides is 1. The van der Waals surface area contributed by atoms with Crippen molar-refractivity contribution in [2.45, 2.75) is 13.3 Å². The second-order valence-corrected chi connectivity index (χ2v) is 4.57. The summed E-state index contributed by atoms with van der Waals surface area (Å²) in [6.07, 6.45) is 0.0339. The molecule has 17 heavy (non-hydrogen) atoms. The third-order valence-corrected chi connectivity index (χ3v) is 2.52. The average Bonchev–Trinajstić information content (AvgIpc) is 2.25. The largest absolute Gasteiger partial charge is 0.481 e. The van der Waals surface area contributed by atoms with E-state index >= 15 is 0 Å². The molecule has 1 unspecified atom stereocenters. The van der Waals surface area contributed by atoms with Gasteiger partial charge in [-0.15, -0.1) is 0 Å². The van der Waals surface area contributed by atoms with E-state index in [1.807, 2.05) is 0 Å². The van der Waals surface area contributed by atoms with Crippen molar-refractivity contribution >= 4 is 27.8 Å². The van der Waals surface area contributed by atoms with Crippen molar-refractivity contribution in [3.05, 3.63) is 28.5 Å². The number of aliphatic carboxylic acids is 1. The van der Waals surface area contributed by atoms with E-state index in [1.165, 1.54) is 0 Å². The lowest BCUT2D eigenvalue weighted by atomic mass is 10.1. The fraction of sp³-hybridized carbons (Fsp3) is 0.364. The van der Waals surface area contributed by atoms with Gasteiger partial charge in [0.05, 0.1) is 0 Å². The SMILES string of the molecule is CC(CNC(=O)c1cccc(Br)n1)CC(=O)O. The molecule has 1 rings (SSSR count). The lowest BCUT2D eigenvalue weighted by Gasteiger charge is -2.09. The number of nitrogens with zero attached hydrogens (tertiary/aromatic N) is 1. The first-order valence-corrected chi connectivity index (χ1v) is 5.91. The Bertz CT molecular complexity index is 423. The second kappa shape index (κ2) is 6.34. The smallest absolute Gasteiger partial charge is 0.303 e. The number of carboxylic acid groups (broad SMARTS) is 1. The third kappa shape index (κ3) is 4.95. The molecule has 1 aromatic heterocycles. The van der Waals surface area contributed by atoms with Crippen LogP contribution in [0.1, 0.15) is 23.8 Å². The summed E-state index contributed by atoms with van der Waals surface area (Å²) < 4.78 is 0.587. The predicted molar refractivity (Wildman–Crippen MR) is 65.7 cm³/mol. The Kier molecular flexibility index (Phi) is 5.09. The predicted octanol–water partition coefficient (Wildman–Crippen LogP) is 1.68. The number of pyridine rings is 1. The maximum atomic E-state index is 11.6. The number of halogens is 1. The topological polar surface area (TPSA) is 79.3 Å². The van der Waals surface area contributed by atoms with Crippen LogP contribution in [0.25, 0.3) is 0 Å². The van der Waals surface area contributed by atoms with E-state index in [-0.39, 0.29) is 18.2 Å². The molecule has 0 aliphatic heterocycles. The van der Waals surface area contributed by atoms with E-state index < -0.39 is 5.97 Å². The van der Waals surface area contributed by atoms with Crippen molar-refractivity contribution in [1.82, 2.24) is 10.3 Å². The molecule has 6 heteroatoms. The number of rotatable bonds is 5. The monoisotopic (exact) mass is 300 g/mol. The van der Waals surface area contributed by atoms with Crippen LogP contribution in [0, 0.1) is 5.92 Å². The minimum Gasteiger partial charge on any atom is -0.481 e. The summed E-state index contributed by atoms with van der Waals surface area (Å²) >= 11 is 3.17. The molecule has 1 heterocycles. The molecule has 0 saturated carbocycles. The fourth-order valence-corrected chi connectivity index (χ4v) is 1.61. The lowest BCUT2D eigenvalue weighted by molar-refractivity contribution is -0.137. The van der Waals surface area contributed by atoms with Crippen molar-refractivity contribution in [3.63, 3.8) is 0 Å². The quantitative estimate of drug-likeness (QED) is 0.811. The first-order chi connectivity index (χ1) is 7.99. The molecule has 1 aromatic rings. The van der Waals surface area contributed by atoms with Gasteiger partial charge in [0.1, 0.15) is 10.3 Å². The number of carboxylic acids is 1. The highest BCUT2D eigenvalue weighted by atomic mass is 79.9. The van der Waals surface area contributed by atoms with E-state index in [4.69, 9.17) is 5.11 Å². The zero-order chi connectivity index (χ0) is 12.8. The average molecular weight is 301 g/mol. The van der Waals surface area contributed by atoms with Gasteiger partial charge in [-0.05, 0) is 34.0 Å². The molecule has 92 valence electrons. The zero-order valence-electron chi connectivity index (χ0n) is 9.31. The van der Waals surface area contributed by atoms with Gasteiger partial charge < -0.3 is 10.4 Å². The summed E-state index contributed by atoms with van der Waals surface area (Å²) in [4.78, 5) is 26.1. The lowest BCUT2D eigenvalue weighted by Crippen LogP contribution is -2.29. The first-order valence-electron chi connectivity index (χ1n) is 5.11. The molecular weight excluding hydrogens is 288 g/mol. The summed E-state index contributed by atoms with van der Waals surface area (Å²) in [5.74, 6) is -1.28. The number of aromatic nitrogens is 1. The molecule has 0 spiro atoms. The molecule has 0 aliphatic carbocycles. The third-order valence-electron chi connectivity index (χ3n) is 2.08. The van der Waals surface area contributed by atoms with Gasteiger partial charge >= 0.3 is 5.97 Å². The van der Waals surface area contributed by atoms with Gasteiger partial charge in [-0.2, -0.15) is 0 Å². The molecule has 5 nitrogen and oxygen atoms in total. The molecule has 0 radical (unpaired) electrons. The fourth-order valence-electron chi connectivity index (χ4n) is 1.26. The van der Waals surface area contributed by atoms with Crippen LogP contribution in [-0.2, 0) is 4.79 Å². The van der Waals surface area contributed by atoms with Crippen LogP contribution in [0.5, 0.6) is 0 Å². The Hall–Kier alpha value is -1.43. The Morgan fingerprint density at radius 2 is 2.24 bits per heavy atom. The number of hydrogen-bond acceptors (Lipinski definition) is 3. The van der Waals surface area contributed by atoms with E-state index in [0.717, 1.165) is 0 Å². The van der Waals surface area contributed by atoms with Crippen LogP contribution >= 0.6 is 15.9 Å². The van der Waals surface area contributed by atoms with Gasteiger partial charge in [-0.1, -0.05) is 13.0 Å². The highest BCUT2D eigenvalue weighted by Crippen LogP contribution is 2.06. The van der Waals surface area contributed by atoms with Crippen LogP contribution in [0.15, 0.2) is 22.8 Å². The van der Waals surface area contributed by atoms with Crippen molar-refractivity contribution in [2.24, 2.45) is 5.92 Å². The number of nitrogens with one attached hydrogen (secondary N) is 1. The summed E-state index contributed by atoms with van der Waals surface area (Å²) in [6.45, 7) is 2.09. The van der Waals surface area contributed by atoms with Crippen LogP contribution in [0.4, 0.5) is 0 Å². The molecule has 2 N–H and O–H groups in total. The number of carbonyl (C=O) groups excluding carboxylic acids is 1. The molecule has 0 saturated heterocycles. The highest BCUT2D eigenvalue weighted by molar-refractivity contribution is 9.10. The molecule has 0 bridgehead atoms. The maximum absolute atomic E-state index is 11.6. The first kappa shape index (κ1) is 13.6. The van der Waals surface area contributed by atoms with Crippen LogP contribution < -0.4 is 5.32 Å². The van der Waals surface area contributed by atoms with Gasteiger partial charge in [-0.25, -0.2) is 4.98 Å². The standard InChI is InChI=1S/C11H13BrN2O3/c1-7(5-10(15)16)6-13-11(17)8-3-2-4-9(12)14-8/h2-4,7H,5-6H2,1H3,(H,13,17)(H,15,16). The molecule has 1 atom stereocenters. The Labute approximate surface area is 107 Å². The van der Waals surface area contributed by atoms with Crippen molar-refractivity contribution < 1.29 is 14.7 Å². The van der Waals surface area contributed by atoms with Gasteiger partial charge in [-0.3, -0.25) is 9.59 Å². The van der Waals surface area contributed by atoms with Crippen molar-refractivity contribution in [1.29, 1.82) is 0 Å². The molecular formula is C11H13BrN2O3. The van der Waals surface area contributed by atoms with Gasteiger partial charge in [0.15, 0.2) is 0 Å². The molecule has 0 aromatic carbocycles. The Morgan fingerprint density at radius 3 is 2.82 bits per heavy atom. The van der Waals surface area contributed by atoms with Crippen molar-refractivity contribution in [2.75, 3.05) is 6.54 Å². The van der Waals surface area contributed by atoms with Gasteiger partial charge in [0.25, 0.3) is 5.91 Å². The van der Waals surface area contributed by atoms with E-state index in [0.29, 0.717) is 16.8 Å². The molecule has 0 fully saturated rings. The van der Waals surface area contributed by atoms with Crippen LogP contribution in [0.2, 0.25) is 0 Å². The normalized spacial score (nSPS) is 11.9. The molecule has 0 aliphatic rings. The molecule has 1 amide bonds. The van der Waals surface area contributed by atoms with Crippen LogP contribution in [0.3, 0.4) is 0 Å². The summed E-state index contributed by atoms with van der Waals surface area (Å²) in [7, 11) is 0. The summed E-state index contributed by atoms with van der Waals surface area (Å²) in [6, 6.07) is 5.04. The van der Waals surface area contributed by atoms with E-state index in [1.54, 1.807) is 25.1 Å². The minimum absolute atomic E-state index is 0.0339. The Morgan fingerprint density at radius 1 is 1.53 bits per heavy atom. The van der Waals surface area contributed by atoms with Crippen molar-refractivity contribution in [3.8, 4) is 0 Å². The van der Waals surface area contributed by atoms with E-state index in [2.05, 4.69) is 26.2 Å². The van der Waals surface area contributed by atoms with Crippen LogP contribution in [-0.4, -0.2) is 28.5 Å². The van der Waals surface area contributed by atoms with E-state index in [9.17, 15) is 9.59 Å². The zero-order valence-corrected chi connectivity index (χ0v) is 10.9.